The van der Waals surface area contributed by atoms with Crippen molar-refractivity contribution in [2.75, 3.05) is 43.5 Å². The van der Waals surface area contributed by atoms with Gasteiger partial charge in [-0.15, -0.1) is 0 Å². The van der Waals surface area contributed by atoms with Gasteiger partial charge in [0.05, 0.1) is 5.69 Å². The van der Waals surface area contributed by atoms with Gasteiger partial charge in [0.25, 0.3) is 5.91 Å². The third kappa shape index (κ3) is 6.09. The van der Waals surface area contributed by atoms with Crippen LogP contribution in [0.3, 0.4) is 0 Å². The first-order valence-corrected chi connectivity index (χ1v) is 16.4. The molecule has 8 nitrogen and oxygen atoms in total. The van der Waals surface area contributed by atoms with Crippen LogP contribution in [0.15, 0.2) is 84.9 Å². The number of aromatic nitrogens is 2. The summed E-state index contributed by atoms with van der Waals surface area (Å²) >= 11 is 1.46. The molecule has 6 rings (SSSR count). The molecule has 0 aliphatic carbocycles. The van der Waals surface area contributed by atoms with Gasteiger partial charge >= 0.3 is 0 Å². The summed E-state index contributed by atoms with van der Waals surface area (Å²) in [6.07, 6.45) is 0. The zero-order valence-corrected chi connectivity index (χ0v) is 24.6. The van der Waals surface area contributed by atoms with Gasteiger partial charge < -0.3 is 20.5 Å². The lowest BCUT2D eigenvalue weighted by Gasteiger charge is -2.32. The average molecular weight is 583 g/mol. The Hall–Kier alpha value is -3.88. The molecule has 1 atom stereocenters. The van der Waals surface area contributed by atoms with Crippen LogP contribution >= 0.6 is 18.6 Å². The smallest absolute Gasteiger partial charge is 0.255 e. The minimum atomic E-state index is -2.59. The second-order valence-electron chi connectivity index (χ2n) is 10.2. The van der Waals surface area contributed by atoms with Gasteiger partial charge in [0.1, 0.15) is 10.3 Å². The van der Waals surface area contributed by atoms with Crippen LogP contribution in [0.1, 0.15) is 15.9 Å². The Morgan fingerprint density at radius 3 is 2.49 bits per heavy atom. The highest BCUT2D eigenvalue weighted by Gasteiger charge is 2.28. The van der Waals surface area contributed by atoms with Crippen LogP contribution in [-0.2, 0) is 4.57 Å². The van der Waals surface area contributed by atoms with Gasteiger partial charge in [-0.05, 0) is 73.2 Å². The van der Waals surface area contributed by atoms with Crippen molar-refractivity contribution < 1.29 is 9.36 Å². The van der Waals surface area contributed by atoms with E-state index in [1.165, 1.54) is 11.3 Å². The summed E-state index contributed by atoms with van der Waals surface area (Å²) in [7, 11) is -2.59. The molecule has 208 valence electrons. The number of benzene rings is 3. The number of aryl methyl sites for hydroxylation is 1. The largest absolute Gasteiger partial charge is 0.331 e. The predicted molar refractivity (Wildman–Crippen MR) is 169 cm³/mol. The van der Waals surface area contributed by atoms with Crippen molar-refractivity contribution in [2.45, 2.75) is 6.92 Å². The van der Waals surface area contributed by atoms with E-state index in [9.17, 15) is 9.36 Å². The van der Waals surface area contributed by atoms with Crippen LogP contribution in [0.25, 0.3) is 21.6 Å². The van der Waals surface area contributed by atoms with Crippen LogP contribution in [0, 0.1) is 6.92 Å². The summed E-state index contributed by atoms with van der Waals surface area (Å²) in [5.74, 6) is -0.166. The molecule has 1 aliphatic rings. The minimum absolute atomic E-state index is 0.166. The molecule has 1 fully saturated rings. The monoisotopic (exact) mass is 582 g/mol. The molecule has 0 spiro atoms. The number of thiazole rings is 1. The Morgan fingerprint density at radius 1 is 0.927 bits per heavy atom. The van der Waals surface area contributed by atoms with E-state index in [1.807, 2.05) is 92.5 Å². The zero-order valence-electron chi connectivity index (χ0n) is 22.9. The normalized spacial score (nSPS) is 15.4. The number of fused-ring (bicyclic) bond motifs is 1. The number of amides is 1. The maximum atomic E-state index is 13.5. The lowest BCUT2D eigenvalue weighted by Crippen LogP contribution is -2.43. The molecule has 0 saturated carbocycles. The van der Waals surface area contributed by atoms with E-state index < -0.39 is 7.29 Å². The molecule has 1 unspecified atom stereocenters. The van der Waals surface area contributed by atoms with Gasteiger partial charge in [-0.1, -0.05) is 35.6 Å². The fourth-order valence-corrected chi connectivity index (χ4v) is 7.77. The highest BCUT2D eigenvalue weighted by Crippen LogP contribution is 2.44. The topological polar surface area (TPSA) is 99.2 Å². The maximum absolute atomic E-state index is 13.5. The molecule has 0 bridgehead atoms. The number of carbonyl (C=O) groups is 1. The number of nitrogens with zero attached hydrogens (tertiary/aromatic N) is 3. The molecule has 10 heteroatoms. The SMILES string of the molecule is Cc1cccc(NC(=O)c2cccc(-c3ccc4nc(Nc5ccc(P(C)(=O)N6CCNCC6)cc5)sc4n3)c2)c1. The van der Waals surface area contributed by atoms with E-state index >= 15 is 0 Å². The Labute approximate surface area is 243 Å². The molecule has 3 heterocycles. The lowest BCUT2D eigenvalue weighted by molar-refractivity contribution is 0.102. The van der Waals surface area contributed by atoms with E-state index in [0.29, 0.717) is 5.56 Å². The Morgan fingerprint density at radius 2 is 1.71 bits per heavy atom. The van der Waals surface area contributed by atoms with Crippen molar-refractivity contribution in [3.8, 4) is 11.3 Å². The number of pyridine rings is 1. The Bertz CT molecular complexity index is 1760. The van der Waals surface area contributed by atoms with Gasteiger partial charge in [0, 0.05) is 60.7 Å². The lowest BCUT2D eigenvalue weighted by atomic mass is 10.1. The first kappa shape index (κ1) is 27.3. The standard InChI is InChI=1S/C31H31N6O2PS/c1-21-5-3-8-25(19-21)33-29(38)23-7-4-6-22(20-23)27-13-14-28-30(35-27)41-31(36-28)34-24-9-11-26(12-10-24)40(2,39)37-17-15-32-16-18-37/h3-14,19-20,32H,15-18H2,1-2H3,(H,33,38)(H,34,36). The molecule has 0 radical (unpaired) electrons. The first-order chi connectivity index (χ1) is 19.8. The highest BCUT2D eigenvalue weighted by molar-refractivity contribution is 7.68. The third-order valence-electron chi connectivity index (χ3n) is 7.18. The van der Waals surface area contributed by atoms with Crippen molar-refractivity contribution in [2.24, 2.45) is 0 Å². The van der Waals surface area contributed by atoms with E-state index in [-0.39, 0.29) is 5.91 Å². The van der Waals surface area contributed by atoms with Crippen LogP contribution in [-0.4, -0.2) is 53.4 Å². The van der Waals surface area contributed by atoms with Gasteiger partial charge in [-0.3, -0.25) is 4.79 Å². The summed E-state index contributed by atoms with van der Waals surface area (Å²) in [5.41, 5.74) is 5.72. The highest BCUT2D eigenvalue weighted by atomic mass is 32.1. The van der Waals surface area contributed by atoms with Crippen molar-refractivity contribution in [3.63, 3.8) is 0 Å². The van der Waals surface area contributed by atoms with Gasteiger partial charge in [-0.25, -0.2) is 14.6 Å². The number of rotatable bonds is 7. The fourth-order valence-electron chi connectivity index (χ4n) is 4.92. The van der Waals surface area contributed by atoms with Crippen molar-refractivity contribution in [3.05, 3.63) is 96.1 Å². The van der Waals surface area contributed by atoms with Crippen molar-refractivity contribution >= 4 is 56.7 Å². The first-order valence-electron chi connectivity index (χ1n) is 13.5. The molecule has 5 aromatic rings. The van der Waals surface area contributed by atoms with Gasteiger partial charge in [-0.2, -0.15) is 0 Å². The predicted octanol–water partition coefficient (Wildman–Crippen LogP) is 6.10. The molecular formula is C31H31N6O2PS. The summed E-state index contributed by atoms with van der Waals surface area (Å²) in [4.78, 5) is 23.2. The van der Waals surface area contributed by atoms with Crippen LogP contribution < -0.4 is 21.3 Å². The molecule has 2 aromatic heterocycles. The maximum Gasteiger partial charge on any atom is 0.255 e. The number of nitrogens with one attached hydrogen (secondary N) is 3. The molecule has 1 saturated heterocycles. The Kier molecular flexibility index (Phi) is 7.69. The number of anilines is 3. The van der Waals surface area contributed by atoms with Crippen molar-refractivity contribution in [1.29, 1.82) is 0 Å². The van der Waals surface area contributed by atoms with Crippen LogP contribution in [0.5, 0.6) is 0 Å². The molecule has 3 N–H and O–H groups in total. The summed E-state index contributed by atoms with van der Waals surface area (Å²) in [5, 5.41) is 11.2. The van der Waals surface area contributed by atoms with Crippen LogP contribution in [0.4, 0.5) is 16.5 Å². The molecule has 3 aromatic carbocycles. The van der Waals surface area contributed by atoms with Gasteiger partial charge in [0.15, 0.2) is 12.4 Å². The summed E-state index contributed by atoms with van der Waals surface area (Å²) in [6.45, 7) is 7.15. The molecular weight excluding hydrogens is 551 g/mol. The summed E-state index contributed by atoms with van der Waals surface area (Å²) in [6, 6.07) is 26.9. The van der Waals surface area contributed by atoms with Crippen LogP contribution in [0.2, 0.25) is 0 Å². The molecule has 1 aliphatic heterocycles. The number of piperazine rings is 1. The Balaban J connectivity index is 1.17. The second kappa shape index (κ2) is 11.5. The van der Waals surface area contributed by atoms with Gasteiger partial charge in [0.2, 0.25) is 0 Å². The number of carbonyl (C=O) groups excluding carboxylic acids is 1. The number of hydrogen-bond acceptors (Lipinski definition) is 7. The van der Waals surface area contributed by atoms with E-state index in [2.05, 4.69) is 20.6 Å². The van der Waals surface area contributed by atoms with E-state index in [0.717, 1.165) is 75.2 Å². The zero-order chi connectivity index (χ0) is 28.4. The van der Waals surface area contributed by atoms with E-state index in [4.69, 9.17) is 9.97 Å². The third-order valence-corrected chi connectivity index (χ3v) is 10.8. The van der Waals surface area contributed by atoms with Crippen molar-refractivity contribution in [1.82, 2.24) is 20.0 Å². The van der Waals surface area contributed by atoms with E-state index in [1.54, 1.807) is 6.07 Å². The number of hydrogen-bond donors (Lipinski definition) is 3. The molecule has 41 heavy (non-hydrogen) atoms. The second-order valence-corrected chi connectivity index (χ2v) is 14.0. The molecule has 1 amide bonds. The summed E-state index contributed by atoms with van der Waals surface area (Å²) < 4.78 is 15.6. The fraction of sp³-hybridized carbons (Fsp3) is 0.194. The minimum Gasteiger partial charge on any atom is -0.331 e. The average Bonchev–Trinajstić information content (AvgIpc) is 3.39. The quantitative estimate of drug-likeness (QED) is 0.200.